The van der Waals surface area contributed by atoms with E-state index in [9.17, 15) is 0 Å². The molecule has 3 rings (SSSR count). The van der Waals surface area contributed by atoms with Gasteiger partial charge >= 0.3 is 0 Å². The number of para-hydroxylation sites is 1. The molecular formula is C15H18ClN3. The third kappa shape index (κ3) is 2.52. The number of hydrogen-bond donors (Lipinski definition) is 0. The quantitative estimate of drug-likeness (QED) is 0.795. The van der Waals surface area contributed by atoms with Gasteiger partial charge in [-0.05, 0) is 42.5 Å². The Labute approximate surface area is 118 Å². The van der Waals surface area contributed by atoms with E-state index in [-0.39, 0.29) is 0 Å². The molecule has 1 aromatic heterocycles. The van der Waals surface area contributed by atoms with Crippen molar-refractivity contribution in [2.45, 2.75) is 26.2 Å². The molecule has 3 nitrogen and oxygen atoms in total. The molecule has 0 N–H and O–H groups in total. The first-order valence-corrected chi connectivity index (χ1v) is 7.33. The summed E-state index contributed by atoms with van der Waals surface area (Å²) in [6, 6.07) is 8.09. The van der Waals surface area contributed by atoms with Crippen LogP contribution in [0.4, 0.5) is 5.82 Å². The van der Waals surface area contributed by atoms with Gasteiger partial charge in [0.1, 0.15) is 5.82 Å². The molecule has 100 valence electrons. The minimum absolute atomic E-state index is 0.340. The van der Waals surface area contributed by atoms with E-state index in [0.29, 0.717) is 5.28 Å². The highest BCUT2D eigenvalue weighted by Gasteiger charge is 2.24. The molecule has 1 saturated heterocycles. The van der Waals surface area contributed by atoms with Crippen LogP contribution in [0, 0.1) is 5.92 Å². The average molecular weight is 276 g/mol. The molecule has 0 saturated carbocycles. The molecule has 1 unspecified atom stereocenters. The van der Waals surface area contributed by atoms with Gasteiger partial charge in [-0.25, -0.2) is 4.98 Å². The van der Waals surface area contributed by atoms with Crippen LogP contribution < -0.4 is 4.90 Å². The number of hydrogen-bond acceptors (Lipinski definition) is 3. The van der Waals surface area contributed by atoms with Gasteiger partial charge in [-0.15, -0.1) is 0 Å². The second-order valence-electron chi connectivity index (χ2n) is 5.22. The maximum Gasteiger partial charge on any atom is 0.224 e. The molecule has 0 amide bonds. The van der Waals surface area contributed by atoms with E-state index in [2.05, 4.69) is 27.9 Å². The lowest BCUT2D eigenvalue weighted by Crippen LogP contribution is -2.21. The van der Waals surface area contributed by atoms with Gasteiger partial charge < -0.3 is 4.90 Å². The Kier molecular flexibility index (Phi) is 3.56. The second-order valence-corrected chi connectivity index (χ2v) is 5.56. The van der Waals surface area contributed by atoms with E-state index < -0.39 is 0 Å². The van der Waals surface area contributed by atoms with Gasteiger partial charge in [0.2, 0.25) is 5.28 Å². The number of nitrogens with zero attached hydrogens (tertiary/aromatic N) is 3. The lowest BCUT2D eigenvalue weighted by atomic mass is 10.0. The van der Waals surface area contributed by atoms with E-state index in [0.717, 1.165) is 35.7 Å². The van der Waals surface area contributed by atoms with Crippen LogP contribution in [0.15, 0.2) is 24.3 Å². The van der Waals surface area contributed by atoms with Crippen molar-refractivity contribution in [1.29, 1.82) is 0 Å². The van der Waals surface area contributed by atoms with Crippen LogP contribution in [0.3, 0.4) is 0 Å². The Morgan fingerprint density at radius 2 is 2.16 bits per heavy atom. The molecule has 2 heterocycles. The number of halogens is 1. The Balaban J connectivity index is 1.96. The van der Waals surface area contributed by atoms with E-state index in [1.807, 2.05) is 18.2 Å². The number of fused-ring (bicyclic) bond motifs is 1. The fraction of sp³-hybridized carbons (Fsp3) is 0.467. The Morgan fingerprint density at radius 3 is 3.00 bits per heavy atom. The third-order valence-electron chi connectivity index (χ3n) is 3.84. The smallest absolute Gasteiger partial charge is 0.224 e. The van der Waals surface area contributed by atoms with Crippen LogP contribution in [0.25, 0.3) is 10.9 Å². The summed E-state index contributed by atoms with van der Waals surface area (Å²) >= 11 is 6.05. The van der Waals surface area contributed by atoms with Crippen molar-refractivity contribution in [1.82, 2.24) is 9.97 Å². The molecule has 1 aliphatic heterocycles. The SMILES string of the molecule is CCCC1CCN(c2nc(Cl)nc3ccccc23)C1. The molecule has 0 radical (unpaired) electrons. The van der Waals surface area contributed by atoms with E-state index in [4.69, 9.17) is 11.6 Å². The van der Waals surface area contributed by atoms with Crippen molar-refractivity contribution in [3.63, 3.8) is 0 Å². The molecule has 1 aliphatic rings. The number of aromatic nitrogens is 2. The zero-order valence-electron chi connectivity index (χ0n) is 11.1. The second kappa shape index (κ2) is 5.33. The maximum atomic E-state index is 6.05. The summed E-state index contributed by atoms with van der Waals surface area (Å²) in [5.41, 5.74) is 0.927. The van der Waals surface area contributed by atoms with Crippen molar-refractivity contribution in [3.05, 3.63) is 29.5 Å². The zero-order valence-corrected chi connectivity index (χ0v) is 11.9. The third-order valence-corrected chi connectivity index (χ3v) is 4.01. The normalized spacial score (nSPS) is 19.3. The predicted molar refractivity (Wildman–Crippen MR) is 79.8 cm³/mol. The summed E-state index contributed by atoms with van der Waals surface area (Å²) in [6.45, 7) is 4.41. The molecule has 0 aliphatic carbocycles. The predicted octanol–water partition coefficient (Wildman–Crippen LogP) is 3.91. The highest BCUT2D eigenvalue weighted by Crippen LogP contribution is 2.30. The van der Waals surface area contributed by atoms with Crippen molar-refractivity contribution < 1.29 is 0 Å². The lowest BCUT2D eigenvalue weighted by molar-refractivity contribution is 0.529. The van der Waals surface area contributed by atoms with Gasteiger partial charge in [0.25, 0.3) is 0 Å². The largest absolute Gasteiger partial charge is 0.356 e. The van der Waals surface area contributed by atoms with Gasteiger partial charge in [-0.1, -0.05) is 25.5 Å². The van der Waals surface area contributed by atoms with Gasteiger partial charge in [0.15, 0.2) is 0 Å². The van der Waals surface area contributed by atoms with E-state index in [1.165, 1.54) is 19.3 Å². The van der Waals surface area contributed by atoms with Crippen molar-refractivity contribution >= 4 is 28.3 Å². The van der Waals surface area contributed by atoms with Gasteiger partial charge in [0.05, 0.1) is 5.52 Å². The first kappa shape index (κ1) is 12.7. The topological polar surface area (TPSA) is 29.0 Å². The lowest BCUT2D eigenvalue weighted by Gasteiger charge is -2.19. The van der Waals surface area contributed by atoms with E-state index >= 15 is 0 Å². The van der Waals surface area contributed by atoms with Crippen LogP contribution in [0.1, 0.15) is 26.2 Å². The molecule has 19 heavy (non-hydrogen) atoms. The average Bonchev–Trinajstić information content (AvgIpc) is 2.86. The molecule has 1 atom stereocenters. The summed E-state index contributed by atoms with van der Waals surface area (Å²) in [7, 11) is 0. The fourth-order valence-corrected chi connectivity index (χ4v) is 3.11. The summed E-state index contributed by atoms with van der Waals surface area (Å²) < 4.78 is 0. The minimum Gasteiger partial charge on any atom is -0.356 e. The minimum atomic E-state index is 0.340. The highest BCUT2D eigenvalue weighted by molar-refractivity contribution is 6.28. The van der Waals surface area contributed by atoms with Crippen molar-refractivity contribution in [2.24, 2.45) is 5.92 Å². The molecule has 0 spiro atoms. The fourth-order valence-electron chi connectivity index (χ4n) is 2.94. The van der Waals surface area contributed by atoms with Gasteiger partial charge in [0, 0.05) is 18.5 Å². The van der Waals surface area contributed by atoms with Crippen LogP contribution >= 0.6 is 11.6 Å². The number of benzene rings is 1. The van der Waals surface area contributed by atoms with Crippen LogP contribution in [-0.4, -0.2) is 23.1 Å². The Hall–Kier alpha value is -1.35. The summed E-state index contributed by atoms with van der Waals surface area (Å²) in [4.78, 5) is 11.1. The summed E-state index contributed by atoms with van der Waals surface area (Å²) in [6.07, 6.45) is 3.81. The molecule has 2 aromatic rings. The number of anilines is 1. The summed E-state index contributed by atoms with van der Waals surface area (Å²) in [5, 5.41) is 1.44. The molecule has 1 fully saturated rings. The van der Waals surface area contributed by atoms with Crippen LogP contribution in [-0.2, 0) is 0 Å². The maximum absolute atomic E-state index is 6.05. The van der Waals surface area contributed by atoms with E-state index in [1.54, 1.807) is 0 Å². The van der Waals surface area contributed by atoms with Crippen LogP contribution in [0.5, 0.6) is 0 Å². The zero-order chi connectivity index (χ0) is 13.2. The van der Waals surface area contributed by atoms with Gasteiger partial charge in [-0.3, -0.25) is 0 Å². The van der Waals surface area contributed by atoms with Gasteiger partial charge in [-0.2, -0.15) is 4.98 Å². The molecule has 1 aromatic carbocycles. The van der Waals surface area contributed by atoms with Crippen LogP contribution in [0.2, 0.25) is 5.28 Å². The first-order valence-electron chi connectivity index (χ1n) is 6.95. The van der Waals surface area contributed by atoms with Crippen molar-refractivity contribution in [3.8, 4) is 0 Å². The first-order chi connectivity index (χ1) is 9.28. The standard InChI is InChI=1S/C15H18ClN3/c1-2-5-11-8-9-19(10-11)14-12-6-3-4-7-13(12)17-15(16)18-14/h3-4,6-7,11H,2,5,8-10H2,1H3. The Morgan fingerprint density at radius 1 is 1.32 bits per heavy atom. The number of rotatable bonds is 3. The molecule has 4 heteroatoms. The summed E-state index contributed by atoms with van der Waals surface area (Å²) in [5.74, 6) is 1.78. The monoisotopic (exact) mass is 275 g/mol. The van der Waals surface area contributed by atoms with Crippen molar-refractivity contribution in [2.75, 3.05) is 18.0 Å². The molecule has 0 bridgehead atoms. The Bertz CT molecular complexity index is 585. The molecular weight excluding hydrogens is 258 g/mol. The highest BCUT2D eigenvalue weighted by atomic mass is 35.5.